The van der Waals surface area contributed by atoms with Gasteiger partial charge in [-0.1, -0.05) is 0 Å². The van der Waals surface area contributed by atoms with E-state index in [2.05, 4.69) is 15.9 Å². The number of ether oxygens (including phenoxy) is 1. The van der Waals surface area contributed by atoms with Crippen LogP contribution < -0.4 is 0 Å². The molecule has 0 aliphatic carbocycles. The summed E-state index contributed by atoms with van der Waals surface area (Å²) in [5.41, 5.74) is 0.392. The summed E-state index contributed by atoms with van der Waals surface area (Å²) in [5, 5.41) is 8.82. The zero-order valence-electron chi connectivity index (χ0n) is 8.76. The monoisotopic (exact) mass is 303 g/mol. The first-order chi connectivity index (χ1) is 8.08. The Morgan fingerprint density at radius 2 is 2.29 bits per heavy atom. The Kier molecular flexibility index (Phi) is 3.49. The summed E-state index contributed by atoms with van der Waals surface area (Å²) in [7, 11) is 0. The molecule has 0 aromatic carbocycles. The molecule has 0 unspecified atom stereocenters. The molecule has 1 aliphatic rings. The van der Waals surface area contributed by atoms with Crippen molar-refractivity contribution in [3.05, 3.63) is 22.6 Å². The van der Waals surface area contributed by atoms with Crippen molar-refractivity contribution >= 4 is 27.8 Å². The number of carboxylic acids is 1. The lowest BCUT2D eigenvalue weighted by Gasteiger charge is -2.30. The third-order valence-corrected chi connectivity index (χ3v) is 2.86. The minimum Gasteiger partial charge on any atom is -0.479 e. The number of nitrogens with zero attached hydrogens (tertiary/aromatic N) is 1. The van der Waals surface area contributed by atoms with Gasteiger partial charge in [0.1, 0.15) is 6.26 Å². The molecule has 1 atom stereocenters. The molecule has 1 aromatic heterocycles. The molecule has 6 nitrogen and oxygen atoms in total. The van der Waals surface area contributed by atoms with Gasteiger partial charge in [-0.2, -0.15) is 0 Å². The molecule has 0 spiro atoms. The third-order valence-electron chi connectivity index (χ3n) is 2.44. The first kappa shape index (κ1) is 12.1. The molecule has 92 valence electrons. The largest absolute Gasteiger partial charge is 0.479 e. The lowest BCUT2D eigenvalue weighted by molar-refractivity contribution is -0.154. The van der Waals surface area contributed by atoms with E-state index >= 15 is 0 Å². The van der Waals surface area contributed by atoms with Crippen molar-refractivity contribution in [2.75, 3.05) is 19.7 Å². The van der Waals surface area contributed by atoms with Crippen LogP contribution in [0.1, 0.15) is 10.4 Å². The van der Waals surface area contributed by atoms with Crippen molar-refractivity contribution < 1.29 is 23.8 Å². The molecule has 2 rings (SSSR count). The van der Waals surface area contributed by atoms with E-state index in [9.17, 15) is 9.59 Å². The summed E-state index contributed by atoms with van der Waals surface area (Å²) in [5.74, 6) is -1.31. The number of halogens is 1. The number of carbonyl (C=O) groups is 2. The summed E-state index contributed by atoms with van der Waals surface area (Å²) in [6.45, 7) is 0.657. The van der Waals surface area contributed by atoms with Crippen molar-refractivity contribution in [2.24, 2.45) is 0 Å². The Hall–Kier alpha value is -1.34. The van der Waals surface area contributed by atoms with Crippen molar-refractivity contribution in [3.8, 4) is 0 Å². The van der Waals surface area contributed by atoms with Crippen LogP contribution in [0.25, 0.3) is 0 Å². The van der Waals surface area contributed by atoms with Crippen LogP contribution in [-0.4, -0.2) is 47.7 Å². The topological polar surface area (TPSA) is 80.0 Å². The summed E-state index contributed by atoms with van der Waals surface area (Å²) in [6.07, 6.45) is 0.375. The molecule has 1 fully saturated rings. The van der Waals surface area contributed by atoms with E-state index in [0.717, 1.165) is 0 Å². The lowest BCUT2D eigenvalue weighted by atomic mass is 10.2. The number of hydrogen-bond acceptors (Lipinski definition) is 4. The number of furan rings is 1. The quantitative estimate of drug-likeness (QED) is 0.880. The van der Waals surface area contributed by atoms with Gasteiger partial charge in [0, 0.05) is 12.6 Å². The van der Waals surface area contributed by atoms with Crippen molar-refractivity contribution in [1.82, 2.24) is 4.90 Å². The minimum absolute atomic E-state index is 0.0525. The van der Waals surface area contributed by atoms with Crippen LogP contribution in [0.5, 0.6) is 0 Å². The molecule has 1 aromatic rings. The SMILES string of the molecule is O=C(O)[C@@H]1CN(C(=O)c2coc(Br)c2)CCO1. The normalized spacial score (nSPS) is 20.3. The fourth-order valence-corrected chi connectivity index (χ4v) is 1.93. The number of amides is 1. The van der Waals surface area contributed by atoms with Gasteiger partial charge in [0.15, 0.2) is 10.8 Å². The average Bonchev–Trinajstić information content (AvgIpc) is 2.75. The maximum Gasteiger partial charge on any atom is 0.334 e. The van der Waals surface area contributed by atoms with E-state index in [1.54, 1.807) is 6.07 Å². The van der Waals surface area contributed by atoms with Gasteiger partial charge in [-0.3, -0.25) is 4.79 Å². The van der Waals surface area contributed by atoms with Crippen LogP contribution in [-0.2, 0) is 9.53 Å². The van der Waals surface area contributed by atoms with E-state index in [-0.39, 0.29) is 19.1 Å². The van der Waals surface area contributed by atoms with Gasteiger partial charge < -0.3 is 19.2 Å². The number of morpholine rings is 1. The van der Waals surface area contributed by atoms with Crippen LogP contribution in [0.15, 0.2) is 21.4 Å². The molecule has 1 saturated heterocycles. The molecule has 2 heterocycles. The predicted octanol–water partition coefficient (Wildman–Crippen LogP) is 0.968. The van der Waals surface area contributed by atoms with Gasteiger partial charge >= 0.3 is 5.97 Å². The Morgan fingerprint density at radius 3 is 2.88 bits per heavy atom. The van der Waals surface area contributed by atoms with E-state index in [1.807, 2.05) is 0 Å². The Labute approximate surface area is 105 Å². The fraction of sp³-hybridized carbons (Fsp3) is 0.400. The highest BCUT2D eigenvalue weighted by molar-refractivity contribution is 9.10. The number of rotatable bonds is 2. The lowest BCUT2D eigenvalue weighted by Crippen LogP contribution is -2.48. The van der Waals surface area contributed by atoms with Gasteiger partial charge in [0.25, 0.3) is 5.91 Å². The molecular weight excluding hydrogens is 294 g/mol. The molecular formula is C10H10BrNO5. The van der Waals surface area contributed by atoms with E-state index in [0.29, 0.717) is 16.8 Å². The summed E-state index contributed by atoms with van der Waals surface area (Å²) in [4.78, 5) is 24.2. The summed E-state index contributed by atoms with van der Waals surface area (Å²) in [6, 6.07) is 1.55. The molecule has 7 heteroatoms. The molecule has 0 saturated carbocycles. The van der Waals surface area contributed by atoms with E-state index in [4.69, 9.17) is 14.3 Å². The predicted molar refractivity (Wildman–Crippen MR) is 59.7 cm³/mol. The highest BCUT2D eigenvalue weighted by Gasteiger charge is 2.29. The zero-order chi connectivity index (χ0) is 12.4. The van der Waals surface area contributed by atoms with Crippen LogP contribution in [0.4, 0.5) is 0 Å². The van der Waals surface area contributed by atoms with Crippen LogP contribution in [0.2, 0.25) is 0 Å². The van der Waals surface area contributed by atoms with Crippen molar-refractivity contribution in [2.45, 2.75) is 6.10 Å². The number of carboxylic acid groups (broad SMARTS) is 1. The van der Waals surface area contributed by atoms with Crippen LogP contribution >= 0.6 is 15.9 Å². The van der Waals surface area contributed by atoms with Gasteiger partial charge in [-0.05, 0) is 15.9 Å². The molecule has 0 bridgehead atoms. The number of hydrogen-bond donors (Lipinski definition) is 1. The average molecular weight is 304 g/mol. The maximum absolute atomic E-state index is 12.0. The number of carbonyl (C=O) groups excluding carboxylic acids is 1. The van der Waals surface area contributed by atoms with Gasteiger partial charge in [-0.15, -0.1) is 0 Å². The maximum atomic E-state index is 12.0. The molecule has 1 N–H and O–H groups in total. The van der Waals surface area contributed by atoms with E-state index < -0.39 is 12.1 Å². The Bertz CT molecular complexity index is 444. The highest BCUT2D eigenvalue weighted by Crippen LogP contribution is 2.17. The first-order valence-electron chi connectivity index (χ1n) is 4.95. The summed E-state index contributed by atoms with van der Waals surface area (Å²) < 4.78 is 10.5. The Balaban J connectivity index is 2.07. The molecule has 0 radical (unpaired) electrons. The van der Waals surface area contributed by atoms with Gasteiger partial charge in [-0.25, -0.2) is 4.79 Å². The van der Waals surface area contributed by atoms with Crippen molar-refractivity contribution in [3.63, 3.8) is 0 Å². The molecule has 17 heavy (non-hydrogen) atoms. The first-order valence-corrected chi connectivity index (χ1v) is 5.75. The molecule has 1 aliphatic heterocycles. The Morgan fingerprint density at radius 1 is 1.53 bits per heavy atom. The van der Waals surface area contributed by atoms with Gasteiger partial charge in [0.05, 0.1) is 18.7 Å². The second kappa shape index (κ2) is 4.89. The van der Waals surface area contributed by atoms with Crippen molar-refractivity contribution in [1.29, 1.82) is 0 Å². The second-order valence-corrected chi connectivity index (χ2v) is 4.37. The minimum atomic E-state index is -1.06. The highest BCUT2D eigenvalue weighted by atomic mass is 79.9. The molecule has 1 amide bonds. The fourth-order valence-electron chi connectivity index (χ4n) is 1.59. The second-order valence-electron chi connectivity index (χ2n) is 3.59. The standard InChI is InChI=1S/C10H10BrNO5/c11-8-3-6(5-17-8)9(13)12-1-2-16-7(4-12)10(14)15/h3,5,7H,1-2,4H2,(H,14,15)/t7-/m0/s1. The van der Waals surface area contributed by atoms with Crippen LogP contribution in [0, 0.1) is 0 Å². The zero-order valence-corrected chi connectivity index (χ0v) is 10.3. The van der Waals surface area contributed by atoms with E-state index in [1.165, 1.54) is 11.2 Å². The number of aliphatic carboxylic acids is 1. The third kappa shape index (κ3) is 2.67. The van der Waals surface area contributed by atoms with Gasteiger partial charge in [0.2, 0.25) is 0 Å². The smallest absolute Gasteiger partial charge is 0.334 e. The summed E-state index contributed by atoms with van der Waals surface area (Å²) >= 11 is 3.10. The van der Waals surface area contributed by atoms with Crippen LogP contribution in [0.3, 0.4) is 0 Å².